The number of hydrogen-bond acceptors (Lipinski definition) is 3. The summed E-state index contributed by atoms with van der Waals surface area (Å²) in [6, 6.07) is 1.72. The summed E-state index contributed by atoms with van der Waals surface area (Å²) in [7, 11) is 0. The summed E-state index contributed by atoms with van der Waals surface area (Å²) in [6.45, 7) is 1.71. The van der Waals surface area contributed by atoms with E-state index >= 15 is 0 Å². The molecule has 0 radical (unpaired) electrons. The van der Waals surface area contributed by atoms with Crippen LogP contribution in [0.3, 0.4) is 0 Å². The number of thiol groups is 1. The van der Waals surface area contributed by atoms with Gasteiger partial charge in [0.05, 0.1) is 10.4 Å². The molecular weight excluding hydrogens is 204 g/mol. The number of carbonyl (C=O) groups is 1. The summed E-state index contributed by atoms with van der Waals surface area (Å²) in [5.41, 5.74) is 5.83. The van der Waals surface area contributed by atoms with Gasteiger partial charge in [-0.3, -0.25) is 4.79 Å². The summed E-state index contributed by atoms with van der Waals surface area (Å²) in [5.74, 6) is -0.789. The Morgan fingerprint density at radius 3 is 2.92 bits per heavy atom. The molecule has 1 aromatic rings. The van der Waals surface area contributed by atoms with Crippen molar-refractivity contribution in [2.75, 3.05) is 0 Å². The number of primary amides is 1. The zero-order chi connectivity index (χ0) is 10.0. The molecule has 0 aliphatic carbocycles. The topological polar surface area (TPSA) is 58.9 Å². The average molecular weight is 214 g/mol. The van der Waals surface area contributed by atoms with Gasteiger partial charge in [0.2, 0.25) is 5.91 Å². The molecular formula is C8H10N2OS2. The van der Waals surface area contributed by atoms with E-state index in [9.17, 15) is 4.79 Å². The molecule has 0 aliphatic heterocycles. The van der Waals surface area contributed by atoms with Crippen molar-refractivity contribution in [2.24, 2.45) is 5.73 Å². The molecule has 1 rings (SSSR count). The van der Waals surface area contributed by atoms with Crippen LogP contribution in [-0.4, -0.2) is 10.9 Å². The molecule has 0 spiro atoms. The molecule has 0 saturated heterocycles. The predicted molar refractivity (Wildman–Crippen MR) is 56.5 cm³/mol. The van der Waals surface area contributed by atoms with Gasteiger partial charge in [0.25, 0.3) is 0 Å². The SMILES string of the molecule is CC(C(N)=O)c1[nH]ccc(=S)c1S. The lowest BCUT2D eigenvalue weighted by atomic mass is 10.1. The number of aromatic amines is 1. The van der Waals surface area contributed by atoms with Crippen LogP contribution in [0.1, 0.15) is 18.5 Å². The maximum atomic E-state index is 10.9. The normalized spacial score (nSPS) is 12.5. The molecule has 1 amide bonds. The summed E-state index contributed by atoms with van der Waals surface area (Å²) in [6.07, 6.45) is 1.68. The minimum Gasteiger partial charge on any atom is -0.369 e. The Morgan fingerprint density at radius 1 is 1.77 bits per heavy atom. The molecule has 3 nitrogen and oxygen atoms in total. The van der Waals surface area contributed by atoms with Crippen molar-refractivity contribution in [2.45, 2.75) is 17.7 Å². The molecule has 5 heteroatoms. The third kappa shape index (κ3) is 2.10. The Labute approximate surface area is 86.8 Å². The van der Waals surface area contributed by atoms with Gasteiger partial charge in [-0.25, -0.2) is 0 Å². The van der Waals surface area contributed by atoms with Crippen LogP contribution < -0.4 is 5.73 Å². The Balaban J connectivity index is 3.23. The van der Waals surface area contributed by atoms with Crippen molar-refractivity contribution < 1.29 is 4.79 Å². The number of nitrogens with two attached hydrogens (primary N) is 1. The van der Waals surface area contributed by atoms with Crippen molar-refractivity contribution >= 4 is 30.8 Å². The monoisotopic (exact) mass is 214 g/mol. The number of pyridine rings is 1. The number of amides is 1. The fourth-order valence-electron chi connectivity index (χ4n) is 0.959. The number of rotatable bonds is 2. The number of nitrogens with one attached hydrogen (secondary N) is 1. The number of aromatic nitrogens is 1. The first kappa shape index (κ1) is 10.3. The van der Waals surface area contributed by atoms with Crippen molar-refractivity contribution in [1.29, 1.82) is 0 Å². The van der Waals surface area contributed by atoms with Crippen molar-refractivity contribution in [3.63, 3.8) is 0 Å². The lowest BCUT2D eigenvalue weighted by Crippen LogP contribution is -2.20. The van der Waals surface area contributed by atoms with Gasteiger partial charge < -0.3 is 10.7 Å². The van der Waals surface area contributed by atoms with Crippen LogP contribution in [0.4, 0.5) is 0 Å². The first-order chi connectivity index (χ1) is 6.04. The molecule has 0 fully saturated rings. The van der Waals surface area contributed by atoms with E-state index in [-0.39, 0.29) is 0 Å². The van der Waals surface area contributed by atoms with E-state index in [0.29, 0.717) is 15.1 Å². The Hall–Kier alpha value is -0.810. The third-order valence-corrected chi connectivity index (χ3v) is 2.80. The fourth-order valence-corrected chi connectivity index (χ4v) is 1.47. The second-order valence-corrected chi connectivity index (χ2v) is 3.62. The summed E-state index contributed by atoms with van der Waals surface area (Å²) in [4.78, 5) is 14.4. The number of H-pyrrole nitrogens is 1. The van der Waals surface area contributed by atoms with Gasteiger partial charge in [0.15, 0.2) is 0 Å². The molecule has 1 heterocycles. The zero-order valence-corrected chi connectivity index (χ0v) is 8.78. The minimum absolute atomic E-state index is 0.393. The Kier molecular flexibility index (Phi) is 3.11. The Morgan fingerprint density at radius 2 is 2.38 bits per heavy atom. The first-order valence-electron chi connectivity index (χ1n) is 3.74. The van der Waals surface area contributed by atoms with E-state index in [1.54, 1.807) is 19.2 Å². The van der Waals surface area contributed by atoms with Gasteiger partial charge in [-0.1, -0.05) is 12.2 Å². The lowest BCUT2D eigenvalue weighted by Gasteiger charge is -2.09. The molecule has 0 bridgehead atoms. The lowest BCUT2D eigenvalue weighted by molar-refractivity contribution is -0.119. The molecule has 0 aromatic carbocycles. The molecule has 0 aliphatic rings. The maximum Gasteiger partial charge on any atom is 0.226 e. The van der Waals surface area contributed by atoms with Gasteiger partial charge >= 0.3 is 0 Å². The Bertz CT molecular complexity index is 386. The third-order valence-electron chi connectivity index (χ3n) is 1.82. The zero-order valence-electron chi connectivity index (χ0n) is 7.07. The van der Waals surface area contributed by atoms with Crippen LogP contribution in [-0.2, 0) is 4.79 Å². The van der Waals surface area contributed by atoms with Crippen molar-refractivity contribution in [1.82, 2.24) is 4.98 Å². The number of carbonyl (C=O) groups excluding carboxylic acids is 1. The molecule has 1 aromatic heterocycles. The van der Waals surface area contributed by atoms with Crippen LogP contribution in [0, 0.1) is 4.51 Å². The summed E-state index contributed by atoms with van der Waals surface area (Å²) in [5, 5.41) is 0. The quantitative estimate of drug-likeness (QED) is 0.517. The molecule has 0 saturated carbocycles. The highest BCUT2D eigenvalue weighted by molar-refractivity contribution is 7.81. The maximum absolute atomic E-state index is 10.9. The van der Waals surface area contributed by atoms with E-state index < -0.39 is 11.8 Å². The van der Waals surface area contributed by atoms with Crippen LogP contribution in [0.5, 0.6) is 0 Å². The van der Waals surface area contributed by atoms with E-state index in [2.05, 4.69) is 17.6 Å². The van der Waals surface area contributed by atoms with Gasteiger partial charge in [-0.15, -0.1) is 12.6 Å². The molecule has 1 unspecified atom stereocenters. The largest absolute Gasteiger partial charge is 0.369 e. The van der Waals surface area contributed by atoms with Gasteiger partial charge in [-0.2, -0.15) is 0 Å². The standard InChI is InChI=1S/C8H10N2OS2/c1-4(8(9)11)6-7(13)5(12)2-3-10-6/h2-4,13H,1H3,(H2,9,11)(H,10,12). The second kappa shape index (κ2) is 3.93. The van der Waals surface area contributed by atoms with Gasteiger partial charge in [0, 0.05) is 16.8 Å². The van der Waals surface area contributed by atoms with Crippen LogP contribution in [0.15, 0.2) is 17.2 Å². The number of hydrogen-bond donors (Lipinski definition) is 3. The van der Waals surface area contributed by atoms with Gasteiger partial charge in [-0.05, 0) is 13.0 Å². The summed E-state index contributed by atoms with van der Waals surface area (Å²) < 4.78 is 0.616. The van der Waals surface area contributed by atoms with E-state index in [4.69, 9.17) is 18.0 Å². The van der Waals surface area contributed by atoms with Crippen LogP contribution >= 0.6 is 24.8 Å². The molecule has 3 N–H and O–H groups in total. The molecule has 70 valence electrons. The highest BCUT2D eigenvalue weighted by Crippen LogP contribution is 2.20. The predicted octanol–water partition coefficient (Wildman–Crippen LogP) is 1.62. The van der Waals surface area contributed by atoms with Crippen molar-refractivity contribution in [3.05, 3.63) is 22.5 Å². The van der Waals surface area contributed by atoms with E-state index in [1.807, 2.05) is 0 Å². The minimum atomic E-state index is -0.396. The average Bonchev–Trinajstić information content (AvgIpc) is 2.08. The summed E-state index contributed by atoms with van der Waals surface area (Å²) >= 11 is 9.20. The highest BCUT2D eigenvalue weighted by atomic mass is 32.1. The van der Waals surface area contributed by atoms with Crippen LogP contribution in [0.25, 0.3) is 0 Å². The van der Waals surface area contributed by atoms with Gasteiger partial charge in [0.1, 0.15) is 0 Å². The fraction of sp³-hybridized carbons (Fsp3) is 0.250. The first-order valence-corrected chi connectivity index (χ1v) is 4.59. The van der Waals surface area contributed by atoms with E-state index in [0.717, 1.165) is 0 Å². The van der Waals surface area contributed by atoms with Crippen LogP contribution in [0.2, 0.25) is 0 Å². The van der Waals surface area contributed by atoms with E-state index in [1.165, 1.54) is 0 Å². The molecule has 1 atom stereocenters. The second-order valence-electron chi connectivity index (χ2n) is 2.73. The highest BCUT2D eigenvalue weighted by Gasteiger charge is 2.14. The smallest absolute Gasteiger partial charge is 0.226 e. The van der Waals surface area contributed by atoms with Crippen molar-refractivity contribution in [3.8, 4) is 0 Å². The molecule has 13 heavy (non-hydrogen) atoms.